The molecule has 6 rings (SSSR count). The van der Waals surface area contributed by atoms with E-state index >= 15 is 0 Å². The van der Waals surface area contributed by atoms with Gasteiger partial charge in [-0.2, -0.15) is 0 Å². The van der Waals surface area contributed by atoms with Gasteiger partial charge in [-0.25, -0.2) is 9.83 Å². The van der Waals surface area contributed by atoms with Crippen molar-refractivity contribution < 1.29 is 14.3 Å². The van der Waals surface area contributed by atoms with Gasteiger partial charge in [0.25, 0.3) is 5.91 Å². The third-order valence-corrected chi connectivity index (χ3v) is 9.82. The molecule has 10 nitrogen and oxygen atoms in total. The molecule has 232 valence electrons. The Hall–Kier alpha value is -3.94. The van der Waals surface area contributed by atoms with Crippen molar-refractivity contribution in [3.8, 4) is 5.75 Å². The lowest BCUT2D eigenvalue weighted by Crippen LogP contribution is -2.54. The van der Waals surface area contributed by atoms with Crippen molar-refractivity contribution in [2.75, 3.05) is 45.7 Å². The highest BCUT2D eigenvalue weighted by atomic mass is 16.5. The quantitative estimate of drug-likeness (QED) is 0.306. The van der Waals surface area contributed by atoms with Gasteiger partial charge in [-0.05, 0) is 68.4 Å². The summed E-state index contributed by atoms with van der Waals surface area (Å²) in [5.74, 6) is 1.35. The van der Waals surface area contributed by atoms with Gasteiger partial charge in [-0.15, -0.1) is 0 Å². The highest BCUT2D eigenvalue weighted by Crippen LogP contribution is 2.51. The first-order chi connectivity index (χ1) is 21.4. The zero-order chi connectivity index (χ0) is 30.8. The second-order valence-electron chi connectivity index (χ2n) is 12.4. The topological polar surface area (TPSA) is 89.1 Å². The maximum atomic E-state index is 14.6. The summed E-state index contributed by atoms with van der Waals surface area (Å²) in [5, 5.41) is 3.17. The fourth-order valence-corrected chi connectivity index (χ4v) is 7.33. The number of methoxy groups -OCH3 is 1. The smallest absolute Gasteiger partial charge is 0.254 e. The van der Waals surface area contributed by atoms with Crippen molar-refractivity contribution in [2.45, 2.75) is 76.6 Å². The van der Waals surface area contributed by atoms with Crippen LogP contribution in [0.4, 0.5) is 11.6 Å². The van der Waals surface area contributed by atoms with Crippen LogP contribution in [-0.2, 0) is 23.2 Å². The largest absolute Gasteiger partial charge is 0.505 e. The zero-order valence-electron chi connectivity index (χ0n) is 26.3. The average Bonchev–Trinajstić information content (AvgIpc) is 3.48. The predicted octanol–water partition coefficient (Wildman–Crippen LogP) is 5.57. The molecule has 3 aromatic rings. The molecule has 2 aliphatic heterocycles. The second-order valence-corrected chi connectivity index (χ2v) is 12.4. The molecule has 1 atom stereocenters. The molecule has 1 N–H and O–H groups in total. The number of imidazole rings is 1. The SMILES string of the molecule is [C-]#[N+]c1cnc([C@H](C)N2CC3(CCC3)c3c(CN4CCC(OC)CC4)cc(Cn4ccnc4NC)cc3C2=O)cc1OCC. The minimum Gasteiger partial charge on any atom is -0.505 e. The predicted molar refractivity (Wildman–Crippen MR) is 169 cm³/mol. The van der Waals surface area contributed by atoms with Gasteiger partial charge in [0.2, 0.25) is 11.6 Å². The fraction of sp³-hybridized carbons (Fsp3) is 0.529. The second kappa shape index (κ2) is 12.6. The Kier molecular flexibility index (Phi) is 8.61. The molecule has 0 radical (unpaired) electrons. The molecule has 10 heteroatoms. The van der Waals surface area contributed by atoms with Crippen molar-refractivity contribution in [1.29, 1.82) is 0 Å². The first-order valence-electron chi connectivity index (χ1n) is 15.8. The molecule has 1 saturated heterocycles. The van der Waals surface area contributed by atoms with Crippen LogP contribution in [0.15, 0.2) is 36.8 Å². The van der Waals surface area contributed by atoms with Crippen molar-refractivity contribution in [1.82, 2.24) is 24.3 Å². The van der Waals surface area contributed by atoms with Crippen molar-refractivity contribution in [3.05, 3.63) is 76.2 Å². The van der Waals surface area contributed by atoms with Crippen LogP contribution in [0.3, 0.4) is 0 Å². The standard InChI is InChI=1S/C34H43N7O3/c1-6-44-30-18-28(38-19-29(30)35-3)23(2)41-22-34(10-7-11-34)31-25(21-39-13-8-26(43-5)9-14-39)16-24(17-27(31)32(41)42)20-40-15-12-37-33(40)36-4/h12,15-19,23,26H,6-11,13-14,20-22H2,1-2,4-5H3,(H,36,37)/t23-/m0/s1. The summed E-state index contributed by atoms with van der Waals surface area (Å²) in [5.41, 5.74) is 5.49. The number of rotatable bonds is 10. The summed E-state index contributed by atoms with van der Waals surface area (Å²) >= 11 is 0. The number of fused-ring (bicyclic) bond motifs is 2. The number of carbonyl (C=O) groups excluding carboxylic acids is 1. The number of likely N-dealkylation sites (tertiary alicyclic amines) is 1. The van der Waals surface area contributed by atoms with Crippen LogP contribution in [0, 0.1) is 6.57 Å². The van der Waals surface area contributed by atoms with Gasteiger partial charge in [0, 0.05) is 69.9 Å². The molecule has 0 unspecified atom stereocenters. The van der Waals surface area contributed by atoms with Crippen LogP contribution >= 0.6 is 0 Å². The number of hydrogen-bond donors (Lipinski definition) is 1. The number of nitrogens with zero attached hydrogens (tertiary/aromatic N) is 6. The van der Waals surface area contributed by atoms with Gasteiger partial charge in [-0.3, -0.25) is 14.7 Å². The van der Waals surface area contributed by atoms with E-state index < -0.39 is 0 Å². The number of piperidine rings is 1. The number of anilines is 1. The number of nitrogens with one attached hydrogen (secondary N) is 1. The molecule has 2 aromatic heterocycles. The third-order valence-electron chi connectivity index (χ3n) is 9.82. The Morgan fingerprint density at radius 3 is 2.64 bits per heavy atom. The molecule has 4 heterocycles. The van der Waals surface area contributed by atoms with Crippen LogP contribution in [0.5, 0.6) is 5.75 Å². The van der Waals surface area contributed by atoms with Crippen LogP contribution in [0.1, 0.15) is 84.7 Å². The van der Waals surface area contributed by atoms with E-state index in [1.807, 2.05) is 38.1 Å². The van der Waals surface area contributed by atoms with Gasteiger partial charge in [-0.1, -0.05) is 12.5 Å². The van der Waals surface area contributed by atoms with Crippen molar-refractivity contribution in [2.24, 2.45) is 0 Å². The lowest BCUT2D eigenvalue weighted by Gasteiger charge is -2.52. The zero-order valence-corrected chi connectivity index (χ0v) is 26.3. The Labute approximate surface area is 260 Å². The maximum Gasteiger partial charge on any atom is 0.254 e. The maximum absolute atomic E-state index is 14.6. The van der Waals surface area contributed by atoms with E-state index in [1.165, 1.54) is 11.1 Å². The van der Waals surface area contributed by atoms with E-state index in [0.717, 1.165) is 74.5 Å². The van der Waals surface area contributed by atoms with E-state index in [-0.39, 0.29) is 17.4 Å². The number of ether oxygens (including phenoxy) is 2. The Morgan fingerprint density at radius 2 is 1.98 bits per heavy atom. The lowest BCUT2D eigenvalue weighted by molar-refractivity contribution is 0.0376. The van der Waals surface area contributed by atoms with Crippen molar-refractivity contribution >= 4 is 17.5 Å². The molecule has 1 aliphatic carbocycles. The van der Waals surface area contributed by atoms with E-state index in [9.17, 15) is 4.79 Å². The first kappa shape index (κ1) is 30.1. The molecule has 2 fully saturated rings. The van der Waals surface area contributed by atoms with E-state index in [1.54, 1.807) is 19.5 Å². The summed E-state index contributed by atoms with van der Waals surface area (Å²) in [6, 6.07) is 6.03. The van der Waals surface area contributed by atoms with Crippen LogP contribution in [0.2, 0.25) is 0 Å². The fourth-order valence-electron chi connectivity index (χ4n) is 7.33. The van der Waals surface area contributed by atoms with E-state index in [4.69, 9.17) is 16.0 Å². The first-order valence-corrected chi connectivity index (χ1v) is 15.8. The number of hydrogen-bond acceptors (Lipinski definition) is 7. The molecule has 1 aromatic carbocycles. The number of carbonyl (C=O) groups is 1. The monoisotopic (exact) mass is 597 g/mol. The van der Waals surface area contributed by atoms with Crippen LogP contribution in [0.25, 0.3) is 4.85 Å². The van der Waals surface area contributed by atoms with Gasteiger partial charge in [0.05, 0.1) is 37.6 Å². The summed E-state index contributed by atoms with van der Waals surface area (Å²) in [6.45, 7) is 16.0. The lowest BCUT2D eigenvalue weighted by atomic mass is 9.60. The summed E-state index contributed by atoms with van der Waals surface area (Å²) in [6.07, 6.45) is 11.0. The third kappa shape index (κ3) is 5.55. The van der Waals surface area contributed by atoms with Gasteiger partial charge < -0.3 is 24.3 Å². The van der Waals surface area contributed by atoms with Crippen LogP contribution < -0.4 is 10.1 Å². The number of aromatic nitrogens is 3. The normalized spacial score (nSPS) is 18.9. The molecule has 1 saturated carbocycles. The summed E-state index contributed by atoms with van der Waals surface area (Å²) < 4.78 is 13.5. The van der Waals surface area contributed by atoms with E-state index in [0.29, 0.717) is 37.2 Å². The molecule has 0 bridgehead atoms. The minimum atomic E-state index is -0.267. The average molecular weight is 598 g/mol. The molecule has 1 spiro atoms. The minimum absolute atomic E-state index is 0.0414. The Morgan fingerprint density at radius 1 is 1.18 bits per heavy atom. The molecule has 44 heavy (non-hydrogen) atoms. The molecule has 1 amide bonds. The van der Waals surface area contributed by atoms with Gasteiger partial charge >= 0.3 is 0 Å². The highest BCUT2D eigenvalue weighted by Gasteiger charge is 2.49. The van der Waals surface area contributed by atoms with Crippen molar-refractivity contribution in [3.63, 3.8) is 0 Å². The van der Waals surface area contributed by atoms with Crippen LogP contribution in [-0.4, -0.2) is 76.7 Å². The Bertz CT molecular complexity index is 1550. The Balaban J connectivity index is 1.40. The summed E-state index contributed by atoms with van der Waals surface area (Å²) in [7, 11) is 3.68. The number of amides is 1. The molecule has 3 aliphatic rings. The van der Waals surface area contributed by atoms with E-state index in [2.05, 4.69) is 41.7 Å². The summed E-state index contributed by atoms with van der Waals surface area (Å²) in [4.78, 5) is 31.7. The molecular weight excluding hydrogens is 554 g/mol. The highest BCUT2D eigenvalue weighted by molar-refractivity contribution is 5.98. The van der Waals surface area contributed by atoms with Gasteiger partial charge in [0.1, 0.15) is 5.75 Å². The number of pyridine rings is 1. The number of benzene rings is 1. The molecular formula is C34H43N7O3. The van der Waals surface area contributed by atoms with Gasteiger partial charge in [0.15, 0.2) is 0 Å².